The summed E-state index contributed by atoms with van der Waals surface area (Å²) in [4.78, 5) is 15.9. The van der Waals surface area contributed by atoms with E-state index >= 15 is 0 Å². The second-order valence-electron chi connectivity index (χ2n) is 3.98. The molecule has 0 bridgehead atoms. The minimum atomic E-state index is 0.0286. The van der Waals surface area contributed by atoms with Crippen LogP contribution in [0.25, 0.3) is 0 Å². The van der Waals surface area contributed by atoms with Crippen LogP contribution in [-0.4, -0.2) is 74.0 Å². The standard InChI is InChI=1S/C10H21N3OS/c1-12(2)10(14)9-8-11-4-5-13(9)6-7-15-3/h9,11H,4-8H2,1-3H3. The highest BCUT2D eigenvalue weighted by Crippen LogP contribution is 2.07. The van der Waals surface area contributed by atoms with Crippen molar-refractivity contribution in [2.45, 2.75) is 6.04 Å². The predicted molar refractivity (Wildman–Crippen MR) is 65.3 cm³/mol. The smallest absolute Gasteiger partial charge is 0.240 e. The molecule has 0 aromatic heterocycles. The van der Waals surface area contributed by atoms with Gasteiger partial charge >= 0.3 is 0 Å². The number of hydrogen-bond donors (Lipinski definition) is 1. The highest BCUT2D eigenvalue weighted by atomic mass is 32.2. The SMILES string of the molecule is CSCCN1CCNCC1C(=O)N(C)C. The van der Waals surface area contributed by atoms with Crippen LogP contribution in [0.3, 0.4) is 0 Å². The van der Waals surface area contributed by atoms with Gasteiger partial charge in [0.15, 0.2) is 0 Å². The van der Waals surface area contributed by atoms with Gasteiger partial charge in [-0.2, -0.15) is 11.8 Å². The quantitative estimate of drug-likeness (QED) is 0.721. The summed E-state index contributed by atoms with van der Waals surface area (Å²) in [5.74, 6) is 1.31. The predicted octanol–water partition coefficient (Wildman–Crippen LogP) is -0.289. The summed E-state index contributed by atoms with van der Waals surface area (Å²) in [6, 6.07) is 0.0286. The van der Waals surface area contributed by atoms with Gasteiger partial charge in [-0.1, -0.05) is 0 Å². The lowest BCUT2D eigenvalue weighted by atomic mass is 10.1. The topological polar surface area (TPSA) is 35.6 Å². The molecule has 0 saturated carbocycles. The molecule has 1 aliphatic rings. The molecule has 0 aliphatic carbocycles. The maximum Gasteiger partial charge on any atom is 0.240 e. The lowest BCUT2D eigenvalue weighted by Gasteiger charge is -2.36. The molecule has 0 aromatic carbocycles. The first-order chi connectivity index (χ1) is 7.16. The van der Waals surface area contributed by atoms with Gasteiger partial charge in [-0.3, -0.25) is 9.69 Å². The molecule has 88 valence electrons. The first-order valence-electron chi connectivity index (χ1n) is 5.31. The molecular weight excluding hydrogens is 210 g/mol. The Morgan fingerprint density at radius 2 is 2.33 bits per heavy atom. The number of nitrogens with zero attached hydrogens (tertiary/aromatic N) is 2. The van der Waals surface area contributed by atoms with Crippen LogP contribution in [0.2, 0.25) is 0 Å². The van der Waals surface area contributed by atoms with Crippen molar-refractivity contribution in [2.24, 2.45) is 0 Å². The third kappa shape index (κ3) is 3.66. The van der Waals surface area contributed by atoms with Gasteiger partial charge in [0.25, 0.3) is 0 Å². The molecule has 1 fully saturated rings. The zero-order valence-corrected chi connectivity index (χ0v) is 10.6. The summed E-state index contributed by atoms with van der Waals surface area (Å²) in [5, 5.41) is 3.28. The highest BCUT2D eigenvalue weighted by Gasteiger charge is 2.28. The zero-order valence-electron chi connectivity index (χ0n) is 9.82. The van der Waals surface area contributed by atoms with Crippen LogP contribution in [-0.2, 0) is 4.79 Å². The van der Waals surface area contributed by atoms with Gasteiger partial charge in [-0.25, -0.2) is 0 Å². The molecule has 1 saturated heterocycles. The first kappa shape index (κ1) is 12.8. The molecule has 1 heterocycles. The fourth-order valence-corrected chi connectivity index (χ4v) is 2.18. The second-order valence-corrected chi connectivity index (χ2v) is 4.97. The molecule has 1 aliphatic heterocycles. The van der Waals surface area contributed by atoms with Gasteiger partial charge in [-0.15, -0.1) is 0 Å². The summed E-state index contributed by atoms with van der Waals surface area (Å²) in [5.41, 5.74) is 0. The summed E-state index contributed by atoms with van der Waals surface area (Å²) in [6.45, 7) is 3.76. The molecule has 0 radical (unpaired) electrons. The monoisotopic (exact) mass is 231 g/mol. The summed E-state index contributed by atoms with van der Waals surface area (Å²) >= 11 is 1.83. The van der Waals surface area contributed by atoms with Crippen LogP contribution in [0.4, 0.5) is 0 Å². The number of thioether (sulfide) groups is 1. The number of rotatable bonds is 4. The highest BCUT2D eigenvalue weighted by molar-refractivity contribution is 7.98. The minimum absolute atomic E-state index is 0.0286. The van der Waals surface area contributed by atoms with Crippen molar-refractivity contribution in [1.82, 2.24) is 15.1 Å². The van der Waals surface area contributed by atoms with E-state index < -0.39 is 0 Å². The van der Waals surface area contributed by atoms with E-state index in [4.69, 9.17) is 0 Å². The Bertz CT molecular complexity index is 211. The van der Waals surface area contributed by atoms with Gasteiger partial charge < -0.3 is 10.2 Å². The Kier molecular flexibility index (Phi) is 5.42. The van der Waals surface area contributed by atoms with Crippen LogP contribution in [0.15, 0.2) is 0 Å². The molecule has 0 aromatic rings. The Balaban J connectivity index is 2.53. The Hall–Kier alpha value is -0.260. The number of carbonyl (C=O) groups is 1. The molecule has 1 rings (SSSR count). The van der Waals surface area contributed by atoms with Crippen LogP contribution >= 0.6 is 11.8 Å². The van der Waals surface area contributed by atoms with Crippen molar-refractivity contribution >= 4 is 17.7 Å². The van der Waals surface area contributed by atoms with Crippen molar-refractivity contribution < 1.29 is 4.79 Å². The molecule has 15 heavy (non-hydrogen) atoms. The number of amides is 1. The lowest BCUT2D eigenvalue weighted by molar-refractivity contribution is -0.134. The van der Waals surface area contributed by atoms with Crippen LogP contribution in [0.5, 0.6) is 0 Å². The Labute approximate surface area is 96.4 Å². The Morgan fingerprint density at radius 1 is 1.60 bits per heavy atom. The number of nitrogens with one attached hydrogen (secondary N) is 1. The minimum Gasteiger partial charge on any atom is -0.347 e. The van der Waals surface area contributed by atoms with E-state index in [-0.39, 0.29) is 11.9 Å². The summed E-state index contributed by atoms with van der Waals surface area (Å²) in [7, 11) is 3.65. The summed E-state index contributed by atoms with van der Waals surface area (Å²) in [6.07, 6.45) is 2.10. The first-order valence-corrected chi connectivity index (χ1v) is 6.71. The van der Waals surface area contributed by atoms with Gasteiger partial charge in [0.05, 0.1) is 0 Å². The van der Waals surface area contributed by atoms with Crippen LogP contribution in [0.1, 0.15) is 0 Å². The fourth-order valence-electron chi connectivity index (χ4n) is 1.76. The van der Waals surface area contributed by atoms with Gasteiger partial charge in [-0.05, 0) is 6.26 Å². The van der Waals surface area contributed by atoms with E-state index in [1.807, 2.05) is 25.9 Å². The van der Waals surface area contributed by atoms with E-state index in [0.29, 0.717) is 0 Å². The van der Waals surface area contributed by atoms with E-state index in [2.05, 4.69) is 16.5 Å². The van der Waals surface area contributed by atoms with Gasteiger partial charge in [0.1, 0.15) is 6.04 Å². The molecule has 5 heteroatoms. The van der Waals surface area contributed by atoms with Crippen molar-refractivity contribution in [3.63, 3.8) is 0 Å². The van der Waals surface area contributed by atoms with Crippen LogP contribution < -0.4 is 5.32 Å². The molecule has 1 N–H and O–H groups in total. The van der Waals surface area contributed by atoms with Gasteiger partial charge in [0.2, 0.25) is 5.91 Å². The molecule has 4 nitrogen and oxygen atoms in total. The maximum atomic E-state index is 11.9. The average molecular weight is 231 g/mol. The van der Waals surface area contributed by atoms with E-state index in [0.717, 1.165) is 31.9 Å². The zero-order chi connectivity index (χ0) is 11.3. The molecule has 1 unspecified atom stereocenters. The van der Waals surface area contributed by atoms with E-state index in [1.165, 1.54) is 0 Å². The molecule has 1 amide bonds. The van der Waals surface area contributed by atoms with Crippen molar-refractivity contribution in [2.75, 3.05) is 52.3 Å². The largest absolute Gasteiger partial charge is 0.347 e. The van der Waals surface area contributed by atoms with E-state index in [9.17, 15) is 4.79 Å². The van der Waals surface area contributed by atoms with Crippen molar-refractivity contribution in [3.05, 3.63) is 0 Å². The van der Waals surface area contributed by atoms with Crippen molar-refractivity contribution in [1.29, 1.82) is 0 Å². The van der Waals surface area contributed by atoms with Gasteiger partial charge in [0, 0.05) is 46.0 Å². The molecule has 0 spiro atoms. The third-order valence-corrected chi connectivity index (χ3v) is 3.25. The summed E-state index contributed by atoms with van der Waals surface area (Å²) < 4.78 is 0. The number of likely N-dealkylation sites (N-methyl/N-ethyl adjacent to an activating group) is 1. The average Bonchev–Trinajstić information content (AvgIpc) is 2.25. The number of piperazine rings is 1. The molecule has 1 atom stereocenters. The van der Waals surface area contributed by atoms with Crippen molar-refractivity contribution in [3.8, 4) is 0 Å². The van der Waals surface area contributed by atoms with E-state index in [1.54, 1.807) is 4.90 Å². The number of carbonyl (C=O) groups excluding carboxylic acids is 1. The fraction of sp³-hybridized carbons (Fsp3) is 0.900. The number of hydrogen-bond acceptors (Lipinski definition) is 4. The van der Waals surface area contributed by atoms with Crippen LogP contribution in [0, 0.1) is 0 Å². The maximum absolute atomic E-state index is 11.9. The second kappa shape index (κ2) is 6.35. The third-order valence-electron chi connectivity index (χ3n) is 2.66. The lowest BCUT2D eigenvalue weighted by Crippen LogP contribution is -2.57. The Morgan fingerprint density at radius 3 is 2.93 bits per heavy atom. The molecular formula is C10H21N3OS. The normalized spacial score (nSPS) is 22.7.